The zero-order valence-electron chi connectivity index (χ0n) is 12.6. The number of hydrogen-bond acceptors (Lipinski definition) is 5. The molecular weight excluding hydrogens is 343 g/mol. The van der Waals surface area contributed by atoms with Crippen molar-refractivity contribution in [1.29, 1.82) is 0 Å². The number of hydrogen-bond donors (Lipinski definition) is 1. The minimum atomic E-state index is -0.0411. The Morgan fingerprint density at radius 2 is 2.21 bits per heavy atom. The van der Waals surface area contributed by atoms with Gasteiger partial charge in [-0.15, -0.1) is 0 Å². The molecule has 0 aliphatic carbocycles. The second-order valence-corrected chi connectivity index (χ2v) is 8.06. The van der Waals surface area contributed by atoms with Crippen LogP contribution in [0.15, 0.2) is 23.2 Å². The van der Waals surface area contributed by atoms with Crippen molar-refractivity contribution in [2.75, 3.05) is 31.5 Å². The van der Waals surface area contributed by atoms with Crippen molar-refractivity contribution >= 4 is 52.3 Å². The predicted octanol–water partition coefficient (Wildman–Crippen LogP) is 2.01. The Kier molecular flexibility index (Phi) is 3.18. The molecule has 4 aliphatic heterocycles. The Labute approximate surface area is 150 Å². The summed E-state index contributed by atoms with van der Waals surface area (Å²) in [4.78, 5) is 9.30. The number of quaternary nitrogens is 1. The van der Waals surface area contributed by atoms with Crippen LogP contribution in [-0.2, 0) is 4.74 Å². The summed E-state index contributed by atoms with van der Waals surface area (Å²) in [7, 11) is 0.287. The van der Waals surface area contributed by atoms with Crippen LogP contribution < -0.4 is 5.32 Å². The fourth-order valence-corrected chi connectivity index (χ4v) is 5.12. The number of benzene rings is 1. The average molecular weight is 363 g/mol. The van der Waals surface area contributed by atoms with E-state index in [-0.39, 0.29) is 13.6 Å². The summed E-state index contributed by atoms with van der Waals surface area (Å²) in [6, 6.07) is 6.42. The van der Waals surface area contributed by atoms with Gasteiger partial charge >= 0.3 is 0 Å². The molecule has 1 spiro atoms. The summed E-state index contributed by atoms with van der Waals surface area (Å²) in [6.07, 6.45) is 2.62. The molecule has 1 unspecified atom stereocenters. The van der Waals surface area contributed by atoms with Crippen LogP contribution in [0, 0.1) is 5.92 Å². The molecule has 1 N–H and O–H groups in total. The zero-order chi connectivity index (χ0) is 16.4. The SMILES string of the molecule is [BH3-][N+]12CCC(CC1)C1(CN=C(Nc3nc4ccc(Cl)cc4s3)O1)C2. The van der Waals surface area contributed by atoms with E-state index in [0.29, 0.717) is 11.9 Å². The molecule has 1 aromatic heterocycles. The van der Waals surface area contributed by atoms with E-state index in [9.17, 15) is 0 Å². The molecule has 3 fully saturated rings. The molecule has 2 aromatic rings. The molecule has 24 heavy (non-hydrogen) atoms. The van der Waals surface area contributed by atoms with Gasteiger partial charge in [0, 0.05) is 24.0 Å². The standard InChI is InChI=1S/C16H20BClN4OS/c17-22-5-3-10(4-6-22)16(9-22)8-19-14(23-16)21-15-20-12-2-1-11(18)7-13(12)24-15/h1-2,7,10H,3-6,8-9H2,17H3,(H,19,20,21). The fourth-order valence-electron chi connectivity index (χ4n) is 3.99. The van der Waals surface area contributed by atoms with Gasteiger partial charge in [-0.1, -0.05) is 22.9 Å². The van der Waals surface area contributed by atoms with Crippen molar-refractivity contribution in [2.45, 2.75) is 18.4 Å². The van der Waals surface area contributed by atoms with Gasteiger partial charge in [-0.25, -0.2) is 9.98 Å². The molecule has 5 nitrogen and oxygen atoms in total. The van der Waals surface area contributed by atoms with Gasteiger partial charge in [0.05, 0.1) is 23.3 Å². The van der Waals surface area contributed by atoms with E-state index < -0.39 is 0 Å². The number of aromatic nitrogens is 1. The van der Waals surface area contributed by atoms with Crippen LogP contribution in [0.25, 0.3) is 10.2 Å². The highest BCUT2D eigenvalue weighted by Gasteiger charge is 2.55. The molecule has 8 heteroatoms. The monoisotopic (exact) mass is 362 g/mol. The lowest BCUT2D eigenvalue weighted by Gasteiger charge is -2.60. The number of nitrogens with zero attached hydrogens (tertiary/aromatic N) is 3. The number of piperidine rings is 3. The number of ether oxygens (including phenoxy) is 1. The Balaban J connectivity index is 1.35. The normalized spacial score (nSPS) is 34.6. The molecule has 3 saturated heterocycles. The molecule has 126 valence electrons. The molecule has 1 atom stereocenters. The van der Waals surface area contributed by atoms with Crippen LogP contribution >= 0.6 is 22.9 Å². The van der Waals surface area contributed by atoms with E-state index in [1.807, 2.05) is 18.2 Å². The van der Waals surface area contributed by atoms with E-state index in [4.69, 9.17) is 16.3 Å². The minimum Gasteiger partial charge on any atom is -0.519 e. The van der Waals surface area contributed by atoms with Crippen LogP contribution in [0.5, 0.6) is 0 Å². The van der Waals surface area contributed by atoms with Crippen molar-refractivity contribution < 1.29 is 9.13 Å². The first kappa shape index (κ1) is 15.0. The molecule has 2 bridgehead atoms. The van der Waals surface area contributed by atoms with Crippen LogP contribution in [-0.4, -0.2) is 55.2 Å². The number of aliphatic imine (C=N–C) groups is 1. The average Bonchev–Trinajstić information content (AvgIpc) is 3.11. The smallest absolute Gasteiger partial charge is 0.292 e. The summed E-state index contributed by atoms with van der Waals surface area (Å²) in [6.45, 7) is 4.76. The molecule has 0 radical (unpaired) electrons. The van der Waals surface area contributed by atoms with Gasteiger partial charge in [0.25, 0.3) is 6.02 Å². The topological polar surface area (TPSA) is 46.5 Å². The summed E-state index contributed by atoms with van der Waals surface area (Å²) < 4.78 is 8.87. The molecule has 0 saturated carbocycles. The maximum absolute atomic E-state index is 6.42. The first-order valence-electron chi connectivity index (χ1n) is 7.99. The number of nitrogens with one attached hydrogen (secondary N) is 1. The van der Waals surface area contributed by atoms with Crippen LogP contribution in [0.4, 0.5) is 5.13 Å². The summed E-state index contributed by atoms with van der Waals surface area (Å²) >= 11 is 7.65. The van der Waals surface area contributed by atoms with Crippen molar-refractivity contribution in [2.24, 2.45) is 10.9 Å². The van der Waals surface area contributed by atoms with Crippen LogP contribution in [0.3, 0.4) is 0 Å². The molecule has 5 heterocycles. The molecule has 0 amide bonds. The maximum atomic E-state index is 6.42. The van der Waals surface area contributed by atoms with Gasteiger partial charge in [-0.3, -0.25) is 5.32 Å². The number of anilines is 1. The van der Waals surface area contributed by atoms with Gasteiger partial charge < -0.3 is 9.13 Å². The Bertz CT molecular complexity index is 848. The number of amidine groups is 1. The zero-order valence-corrected chi connectivity index (χ0v) is 14.2. The largest absolute Gasteiger partial charge is 0.519 e. The lowest BCUT2D eigenvalue weighted by Crippen LogP contribution is -2.69. The minimum absolute atomic E-state index is 0.0411. The quantitative estimate of drug-likeness (QED) is 0.789. The van der Waals surface area contributed by atoms with E-state index >= 15 is 0 Å². The predicted molar refractivity (Wildman–Crippen MR) is 102 cm³/mol. The molecule has 1 aromatic carbocycles. The highest BCUT2D eigenvalue weighted by molar-refractivity contribution is 7.22. The highest BCUT2D eigenvalue weighted by Crippen LogP contribution is 2.43. The lowest BCUT2D eigenvalue weighted by molar-refractivity contribution is -0.845. The second kappa shape index (κ2) is 5.10. The van der Waals surface area contributed by atoms with Crippen LogP contribution in [0.1, 0.15) is 12.8 Å². The third kappa shape index (κ3) is 2.33. The van der Waals surface area contributed by atoms with E-state index in [1.54, 1.807) is 11.3 Å². The first-order valence-corrected chi connectivity index (χ1v) is 9.19. The Hall–Kier alpha value is -1.31. The highest BCUT2D eigenvalue weighted by atomic mass is 35.5. The Morgan fingerprint density at radius 3 is 3.00 bits per heavy atom. The second-order valence-electron chi connectivity index (χ2n) is 6.59. The molecule has 6 rings (SSSR count). The first-order chi connectivity index (χ1) is 11.5. The summed E-state index contributed by atoms with van der Waals surface area (Å²) in [5.74, 6) is 0.674. The lowest BCUT2D eigenvalue weighted by atomic mass is 9.72. The number of rotatable bonds is 1. The number of fused-ring (bicyclic) bond motifs is 3. The number of thiazole rings is 1. The van der Waals surface area contributed by atoms with Gasteiger partial charge in [0.15, 0.2) is 18.7 Å². The van der Waals surface area contributed by atoms with Gasteiger partial charge in [-0.05, 0) is 31.0 Å². The summed E-state index contributed by atoms with van der Waals surface area (Å²) in [5.41, 5.74) is 0.914. The number of halogens is 1. The van der Waals surface area contributed by atoms with E-state index in [0.717, 1.165) is 26.9 Å². The van der Waals surface area contributed by atoms with Gasteiger partial charge in [0.1, 0.15) is 0 Å². The van der Waals surface area contributed by atoms with Crippen LogP contribution in [0.2, 0.25) is 5.02 Å². The van der Waals surface area contributed by atoms with Gasteiger partial charge in [0.2, 0.25) is 0 Å². The van der Waals surface area contributed by atoms with Gasteiger partial charge in [-0.2, -0.15) is 0 Å². The fraction of sp³-hybridized carbons (Fsp3) is 0.500. The third-order valence-corrected chi connectivity index (χ3v) is 6.35. The van der Waals surface area contributed by atoms with E-state index in [1.165, 1.54) is 36.9 Å². The van der Waals surface area contributed by atoms with Crippen molar-refractivity contribution in [3.8, 4) is 0 Å². The maximum Gasteiger partial charge on any atom is 0.292 e. The third-order valence-electron chi connectivity index (χ3n) is 5.18. The van der Waals surface area contributed by atoms with Crippen molar-refractivity contribution in [3.05, 3.63) is 23.2 Å². The van der Waals surface area contributed by atoms with E-state index in [2.05, 4.69) is 15.3 Å². The Morgan fingerprint density at radius 1 is 1.38 bits per heavy atom. The summed E-state index contributed by atoms with van der Waals surface area (Å²) in [5, 5.41) is 4.86. The van der Waals surface area contributed by atoms with Crippen molar-refractivity contribution in [3.63, 3.8) is 0 Å². The molecule has 4 aliphatic rings. The molecular formula is C16H20BClN4OS. The van der Waals surface area contributed by atoms with Crippen molar-refractivity contribution in [1.82, 2.24) is 4.98 Å².